The Bertz CT molecular complexity index is 1910. The Morgan fingerprint density at radius 1 is 1.02 bits per heavy atom. The van der Waals surface area contributed by atoms with Gasteiger partial charge in [0, 0.05) is 28.5 Å². The highest BCUT2D eigenvalue weighted by atomic mass is 32.2. The van der Waals surface area contributed by atoms with E-state index in [9.17, 15) is 35.9 Å². The molecular formula is C28H20F4N4O4S2. The summed E-state index contributed by atoms with van der Waals surface area (Å²) in [4.78, 5) is 15.0. The monoisotopic (exact) mass is 616 g/mol. The van der Waals surface area contributed by atoms with Gasteiger partial charge in [0.05, 0.1) is 10.6 Å². The second kappa shape index (κ2) is 10.8. The fraction of sp³-hybridized carbons (Fsp3) is 0.107. The third-order valence-electron chi connectivity index (χ3n) is 6.38. The van der Waals surface area contributed by atoms with Crippen molar-refractivity contribution in [3.63, 3.8) is 0 Å². The van der Waals surface area contributed by atoms with E-state index in [2.05, 4.69) is 10.1 Å². The number of carboxylic acid groups (broad SMARTS) is 1. The van der Waals surface area contributed by atoms with Crippen LogP contribution in [0.4, 0.5) is 17.6 Å². The van der Waals surface area contributed by atoms with Crippen molar-refractivity contribution in [3.8, 4) is 27.5 Å². The van der Waals surface area contributed by atoms with Gasteiger partial charge < -0.3 is 5.11 Å². The van der Waals surface area contributed by atoms with Gasteiger partial charge in [-0.1, -0.05) is 42.0 Å². The molecular weight excluding hydrogens is 596 g/mol. The SMILES string of the molecule is Cc1ccc(-c2cc(-c3nn(-c4nc(C(=O)O)cs4)c(C(F)(F)F)c3Cc3ccc(S(N)(=O)=O)cc3)ccc2F)cc1. The number of carboxylic acids is 1. The number of rotatable bonds is 7. The van der Waals surface area contributed by atoms with Gasteiger partial charge in [-0.05, 0) is 48.4 Å². The van der Waals surface area contributed by atoms with Crippen molar-refractivity contribution in [2.45, 2.75) is 24.4 Å². The molecule has 0 saturated carbocycles. The number of benzene rings is 3. The van der Waals surface area contributed by atoms with Crippen molar-refractivity contribution in [1.29, 1.82) is 0 Å². The fourth-order valence-corrected chi connectivity index (χ4v) is 5.64. The number of carbonyl (C=O) groups is 1. The van der Waals surface area contributed by atoms with E-state index in [-0.39, 0.29) is 38.8 Å². The van der Waals surface area contributed by atoms with E-state index in [1.807, 2.05) is 6.92 Å². The molecule has 0 fully saturated rings. The molecule has 0 saturated heterocycles. The van der Waals surface area contributed by atoms with E-state index in [0.29, 0.717) is 27.1 Å². The molecule has 5 aromatic rings. The average molecular weight is 617 g/mol. The number of nitrogens with two attached hydrogens (primary N) is 1. The summed E-state index contributed by atoms with van der Waals surface area (Å²) in [6.45, 7) is 1.86. The van der Waals surface area contributed by atoms with Crippen LogP contribution in [0.3, 0.4) is 0 Å². The second-order valence-corrected chi connectivity index (χ2v) is 11.7. The minimum absolute atomic E-state index is 0.140. The Balaban J connectivity index is 1.74. The molecule has 5 rings (SSSR count). The highest BCUT2D eigenvalue weighted by Crippen LogP contribution is 2.41. The molecule has 0 aliphatic heterocycles. The first kappa shape index (κ1) is 29.1. The van der Waals surface area contributed by atoms with Crippen molar-refractivity contribution in [2.24, 2.45) is 5.14 Å². The van der Waals surface area contributed by atoms with Gasteiger partial charge >= 0.3 is 12.1 Å². The lowest BCUT2D eigenvalue weighted by Crippen LogP contribution is -2.16. The molecule has 0 aliphatic rings. The summed E-state index contributed by atoms with van der Waals surface area (Å²) in [6, 6.07) is 15.8. The maximum atomic E-state index is 14.9. The Labute approximate surface area is 240 Å². The number of alkyl halides is 3. The van der Waals surface area contributed by atoms with E-state index >= 15 is 0 Å². The largest absolute Gasteiger partial charge is 0.476 e. The number of aryl methyl sites for hydroxylation is 1. The van der Waals surface area contributed by atoms with E-state index in [0.717, 1.165) is 17.0 Å². The van der Waals surface area contributed by atoms with E-state index in [1.54, 1.807) is 24.3 Å². The molecule has 8 nitrogen and oxygen atoms in total. The molecule has 216 valence electrons. The van der Waals surface area contributed by atoms with Gasteiger partial charge in [-0.15, -0.1) is 11.3 Å². The Morgan fingerprint density at radius 3 is 2.24 bits per heavy atom. The lowest BCUT2D eigenvalue weighted by molar-refractivity contribution is -0.143. The van der Waals surface area contributed by atoms with Crippen LogP contribution in [0.2, 0.25) is 0 Å². The van der Waals surface area contributed by atoms with Gasteiger partial charge in [0.1, 0.15) is 5.82 Å². The summed E-state index contributed by atoms with van der Waals surface area (Å²) in [5.74, 6) is -2.01. The zero-order valence-electron chi connectivity index (χ0n) is 21.6. The molecule has 0 spiro atoms. The molecule has 3 aromatic carbocycles. The minimum atomic E-state index is -4.98. The summed E-state index contributed by atoms with van der Waals surface area (Å²) in [6.07, 6.45) is -5.33. The molecule has 0 aliphatic carbocycles. The number of hydrogen-bond acceptors (Lipinski definition) is 6. The van der Waals surface area contributed by atoms with Gasteiger partial charge in [0.25, 0.3) is 0 Å². The van der Waals surface area contributed by atoms with Crippen molar-refractivity contribution in [1.82, 2.24) is 14.8 Å². The van der Waals surface area contributed by atoms with Crippen molar-refractivity contribution in [3.05, 3.63) is 106 Å². The first-order valence-electron chi connectivity index (χ1n) is 12.1. The Morgan fingerprint density at radius 2 is 1.67 bits per heavy atom. The summed E-state index contributed by atoms with van der Waals surface area (Å²) in [5.41, 5.74) is -0.0591. The molecule has 0 bridgehead atoms. The standard InChI is InChI=1S/C28H20F4N4O4S2/c1-15-2-6-17(7-3-15)20-13-18(8-11-22(20)29)24-21(12-16-4-9-19(10-5-16)42(33,39)40)25(28(30,31)32)36(35-24)27-34-23(14-41-27)26(37)38/h2-11,13-14H,12H2,1H3,(H,37,38)(H2,33,39,40). The number of aromatic nitrogens is 3. The number of sulfonamides is 1. The van der Waals surface area contributed by atoms with E-state index < -0.39 is 39.4 Å². The third kappa shape index (κ3) is 5.82. The van der Waals surface area contributed by atoms with Crippen LogP contribution in [0.5, 0.6) is 0 Å². The van der Waals surface area contributed by atoms with Gasteiger partial charge in [0.2, 0.25) is 15.2 Å². The summed E-state index contributed by atoms with van der Waals surface area (Å²) < 4.78 is 82.9. The quantitative estimate of drug-likeness (QED) is 0.214. The van der Waals surface area contributed by atoms with Crippen LogP contribution < -0.4 is 5.14 Å². The van der Waals surface area contributed by atoms with Crippen LogP contribution in [-0.4, -0.2) is 34.3 Å². The fourth-order valence-electron chi connectivity index (χ4n) is 4.37. The summed E-state index contributed by atoms with van der Waals surface area (Å²) in [7, 11) is -4.04. The van der Waals surface area contributed by atoms with E-state index in [1.165, 1.54) is 36.4 Å². The first-order valence-corrected chi connectivity index (χ1v) is 14.5. The van der Waals surface area contributed by atoms with Crippen molar-refractivity contribution >= 4 is 27.3 Å². The van der Waals surface area contributed by atoms with Crippen molar-refractivity contribution in [2.75, 3.05) is 0 Å². The molecule has 42 heavy (non-hydrogen) atoms. The lowest BCUT2D eigenvalue weighted by Gasteiger charge is -2.12. The van der Waals surface area contributed by atoms with Crippen LogP contribution in [0.25, 0.3) is 27.5 Å². The minimum Gasteiger partial charge on any atom is -0.476 e. The number of thiazole rings is 1. The first-order chi connectivity index (χ1) is 19.7. The predicted molar refractivity (Wildman–Crippen MR) is 147 cm³/mol. The smallest absolute Gasteiger partial charge is 0.433 e. The van der Waals surface area contributed by atoms with Gasteiger partial charge in [-0.2, -0.15) is 18.3 Å². The molecule has 2 aromatic heterocycles. The Hall–Kier alpha value is -4.40. The molecule has 0 radical (unpaired) electrons. The van der Waals surface area contributed by atoms with Crippen LogP contribution in [-0.2, 0) is 22.6 Å². The molecule has 0 atom stereocenters. The maximum Gasteiger partial charge on any atom is 0.433 e. The molecule has 0 unspecified atom stereocenters. The number of primary sulfonamides is 1. The normalized spacial score (nSPS) is 12.0. The molecule has 3 N–H and O–H groups in total. The third-order valence-corrected chi connectivity index (χ3v) is 8.12. The van der Waals surface area contributed by atoms with Crippen LogP contribution in [0.1, 0.15) is 32.9 Å². The van der Waals surface area contributed by atoms with Gasteiger partial charge in [-0.25, -0.2) is 32.4 Å². The predicted octanol–water partition coefficient (Wildman–Crippen LogP) is 6.07. The second-order valence-electron chi connectivity index (χ2n) is 9.33. The summed E-state index contributed by atoms with van der Waals surface area (Å²) >= 11 is 0.661. The maximum absolute atomic E-state index is 14.9. The number of aromatic carboxylic acids is 1. The molecule has 0 amide bonds. The Kier molecular flexibility index (Phi) is 7.47. The lowest BCUT2D eigenvalue weighted by atomic mass is 9.95. The molecule has 2 heterocycles. The van der Waals surface area contributed by atoms with Gasteiger partial charge in [-0.3, -0.25) is 0 Å². The van der Waals surface area contributed by atoms with Crippen LogP contribution in [0.15, 0.2) is 77.0 Å². The molecule has 14 heteroatoms. The van der Waals surface area contributed by atoms with Gasteiger partial charge in [0.15, 0.2) is 11.4 Å². The van der Waals surface area contributed by atoms with Crippen LogP contribution >= 0.6 is 11.3 Å². The zero-order valence-corrected chi connectivity index (χ0v) is 23.2. The zero-order chi connectivity index (χ0) is 30.4. The van der Waals surface area contributed by atoms with Crippen LogP contribution in [0, 0.1) is 12.7 Å². The highest BCUT2D eigenvalue weighted by Gasteiger charge is 2.41. The van der Waals surface area contributed by atoms with E-state index in [4.69, 9.17) is 5.14 Å². The van der Waals surface area contributed by atoms with Crippen molar-refractivity contribution < 1.29 is 35.9 Å². The number of nitrogens with zero attached hydrogens (tertiary/aromatic N) is 3. The highest BCUT2D eigenvalue weighted by molar-refractivity contribution is 7.89. The topological polar surface area (TPSA) is 128 Å². The number of halogens is 4. The number of hydrogen-bond donors (Lipinski definition) is 2. The summed E-state index contributed by atoms with van der Waals surface area (Å²) in [5, 5.41) is 19.4. The average Bonchev–Trinajstić information content (AvgIpc) is 3.55.